The Balaban J connectivity index is 2.28. The van der Waals surface area contributed by atoms with Gasteiger partial charge in [-0.15, -0.1) is 0 Å². The summed E-state index contributed by atoms with van der Waals surface area (Å²) in [5.74, 6) is -1.79. The molecule has 2 rings (SSSR count). The number of carboxylic acid groups (broad SMARTS) is 1. The van der Waals surface area contributed by atoms with E-state index in [1.165, 1.54) is 17.0 Å². The monoisotopic (exact) mass is 323 g/mol. The normalized spacial score (nSPS) is 24.6. The van der Waals surface area contributed by atoms with Crippen LogP contribution in [0.15, 0.2) is 24.3 Å². The average Bonchev–Trinajstić information content (AvgIpc) is 2.77. The third-order valence-corrected chi connectivity index (χ3v) is 4.10. The standard InChI is InChI=1S/C17H22FNO4/c1-16(2,3)23-15(22)19-9-13(17(4,10-19)14(20)21)11-5-7-12(18)8-6-11/h5-8,13H,9-10H2,1-4H3,(H,20,21)/t13-,17-/m0/s1. The zero-order chi connectivity index (χ0) is 17.4. The minimum absolute atomic E-state index is 0.0549. The van der Waals surface area contributed by atoms with Crippen LogP contribution in [0.25, 0.3) is 0 Å². The molecule has 6 heteroatoms. The van der Waals surface area contributed by atoms with Crippen molar-refractivity contribution in [1.29, 1.82) is 0 Å². The van der Waals surface area contributed by atoms with Crippen molar-refractivity contribution in [1.82, 2.24) is 4.90 Å². The van der Waals surface area contributed by atoms with Crippen LogP contribution in [0.4, 0.5) is 9.18 Å². The molecule has 0 aliphatic carbocycles. The Morgan fingerprint density at radius 3 is 2.35 bits per heavy atom. The highest BCUT2D eigenvalue weighted by molar-refractivity contribution is 5.79. The van der Waals surface area contributed by atoms with Crippen molar-refractivity contribution in [3.05, 3.63) is 35.6 Å². The van der Waals surface area contributed by atoms with Gasteiger partial charge in [0.05, 0.1) is 5.41 Å². The van der Waals surface area contributed by atoms with Crippen LogP contribution in [0.5, 0.6) is 0 Å². The predicted octanol–water partition coefficient (Wildman–Crippen LogP) is 3.25. The Morgan fingerprint density at radius 2 is 1.87 bits per heavy atom. The number of carboxylic acids is 1. The van der Waals surface area contributed by atoms with Gasteiger partial charge in [0.1, 0.15) is 11.4 Å². The summed E-state index contributed by atoms with van der Waals surface area (Å²) in [5, 5.41) is 9.64. The number of carbonyl (C=O) groups is 2. The summed E-state index contributed by atoms with van der Waals surface area (Å²) in [4.78, 5) is 25.4. The Morgan fingerprint density at radius 1 is 1.30 bits per heavy atom. The van der Waals surface area contributed by atoms with Crippen LogP contribution >= 0.6 is 0 Å². The predicted molar refractivity (Wildman–Crippen MR) is 82.7 cm³/mol. The van der Waals surface area contributed by atoms with Crippen LogP contribution in [0.3, 0.4) is 0 Å². The number of nitrogens with zero attached hydrogens (tertiary/aromatic N) is 1. The number of hydrogen-bond acceptors (Lipinski definition) is 3. The van der Waals surface area contributed by atoms with E-state index in [2.05, 4.69) is 0 Å². The number of ether oxygens (including phenoxy) is 1. The summed E-state index contributed by atoms with van der Waals surface area (Å²) in [7, 11) is 0. The molecule has 126 valence electrons. The molecule has 0 aromatic heterocycles. The molecular formula is C17H22FNO4. The average molecular weight is 323 g/mol. The van der Waals surface area contributed by atoms with E-state index >= 15 is 0 Å². The minimum Gasteiger partial charge on any atom is -0.481 e. The molecule has 1 N–H and O–H groups in total. The van der Waals surface area contributed by atoms with Crippen LogP contribution in [0.2, 0.25) is 0 Å². The molecule has 0 spiro atoms. The maximum absolute atomic E-state index is 13.1. The van der Waals surface area contributed by atoms with Gasteiger partial charge < -0.3 is 14.7 Å². The number of likely N-dealkylation sites (tertiary alicyclic amines) is 1. The molecule has 1 aliphatic heterocycles. The summed E-state index contributed by atoms with van der Waals surface area (Å²) < 4.78 is 18.4. The smallest absolute Gasteiger partial charge is 0.410 e. The molecule has 1 aromatic carbocycles. The molecule has 1 heterocycles. The van der Waals surface area contributed by atoms with E-state index in [1.807, 2.05) is 0 Å². The first-order valence-electron chi connectivity index (χ1n) is 7.50. The summed E-state index contributed by atoms with van der Waals surface area (Å²) >= 11 is 0. The van der Waals surface area contributed by atoms with E-state index in [1.54, 1.807) is 39.8 Å². The molecule has 1 aromatic rings. The van der Waals surface area contributed by atoms with Gasteiger partial charge in [-0.25, -0.2) is 9.18 Å². The molecule has 5 nitrogen and oxygen atoms in total. The third-order valence-electron chi connectivity index (χ3n) is 4.10. The molecule has 0 saturated carbocycles. The number of amides is 1. The lowest BCUT2D eigenvalue weighted by atomic mass is 9.76. The molecule has 0 bridgehead atoms. The Bertz CT molecular complexity index is 608. The van der Waals surface area contributed by atoms with Crippen molar-refractivity contribution in [2.45, 2.75) is 39.2 Å². The molecule has 1 amide bonds. The van der Waals surface area contributed by atoms with Gasteiger partial charge in [-0.1, -0.05) is 12.1 Å². The summed E-state index contributed by atoms with van der Waals surface area (Å²) in [5.41, 5.74) is -1.10. The highest BCUT2D eigenvalue weighted by Crippen LogP contribution is 2.43. The van der Waals surface area contributed by atoms with Gasteiger partial charge in [-0.3, -0.25) is 4.79 Å². The second-order valence-electron chi connectivity index (χ2n) is 7.19. The van der Waals surface area contributed by atoms with E-state index in [0.717, 1.165) is 0 Å². The summed E-state index contributed by atoms with van der Waals surface area (Å²) in [6.07, 6.45) is -0.533. The van der Waals surface area contributed by atoms with E-state index in [4.69, 9.17) is 4.74 Å². The van der Waals surface area contributed by atoms with Gasteiger partial charge in [0.15, 0.2) is 0 Å². The number of rotatable bonds is 2. The molecule has 1 aliphatic rings. The molecular weight excluding hydrogens is 301 g/mol. The Kier molecular flexibility index (Phi) is 4.37. The van der Waals surface area contributed by atoms with Crippen LogP contribution < -0.4 is 0 Å². The number of hydrogen-bond donors (Lipinski definition) is 1. The van der Waals surface area contributed by atoms with E-state index < -0.39 is 29.0 Å². The van der Waals surface area contributed by atoms with Gasteiger partial charge in [0, 0.05) is 19.0 Å². The van der Waals surface area contributed by atoms with Crippen LogP contribution in [-0.2, 0) is 9.53 Å². The van der Waals surface area contributed by atoms with Crippen molar-refractivity contribution in [3.63, 3.8) is 0 Å². The Labute approximate surface area is 135 Å². The van der Waals surface area contributed by atoms with E-state index in [9.17, 15) is 19.1 Å². The second kappa shape index (κ2) is 5.83. The fraction of sp³-hybridized carbons (Fsp3) is 0.529. The van der Waals surface area contributed by atoms with Gasteiger partial charge in [0.25, 0.3) is 0 Å². The summed E-state index contributed by atoms with van der Waals surface area (Å²) in [6, 6.07) is 5.74. The number of benzene rings is 1. The third kappa shape index (κ3) is 3.63. The zero-order valence-electron chi connectivity index (χ0n) is 13.8. The van der Waals surface area contributed by atoms with E-state index in [0.29, 0.717) is 5.56 Å². The van der Waals surface area contributed by atoms with Crippen LogP contribution in [0, 0.1) is 11.2 Å². The highest BCUT2D eigenvalue weighted by atomic mass is 19.1. The van der Waals surface area contributed by atoms with Crippen molar-refractivity contribution in [3.8, 4) is 0 Å². The fourth-order valence-electron chi connectivity index (χ4n) is 2.84. The maximum atomic E-state index is 13.1. The van der Waals surface area contributed by atoms with Gasteiger partial charge in [-0.2, -0.15) is 0 Å². The number of halogens is 1. The SMILES string of the molecule is CC(C)(C)OC(=O)N1C[C@@H](c2ccc(F)cc2)[C@@](C)(C(=O)O)C1. The number of aliphatic carboxylic acids is 1. The molecule has 2 atom stereocenters. The first-order valence-corrected chi connectivity index (χ1v) is 7.50. The van der Waals surface area contributed by atoms with Gasteiger partial charge >= 0.3 is 12.1 Å². The quantitative estimate of drug-likeness (QED) is 0.907. The molecule has 1 fully saturated rings. The fourth-order valence-corrected chi connectivity index (χ4v) is 2.84. The topological polar surface area (TPSA) is 66.8 Å². The second-order valence-corrected chi connectivity index (χ2v) is 7.19. The van der Waals surface area contributed by atoms with Crippen molar-refractivity contribution in [2.24, 2.45) is 5.41 Å². The summed E-state index contributed by atoms with van der Waals surface area (Å²) in [6.45, 7) is 7.16. The lowest BCUT2D eigenvalue weighted by Crippen LogP contribution is -2.38. The van der Waals surface area contributed by atoms with Crippen molar-refractivity contribution >= 4 is 12.1 Å². The van der Waals surface area contributed by atoms with E-state index in [-0.39, 0.29) is 18.9 Å². The Hall–Kier alpha value is -2.11. The lowest BCUT2D eigenvalue weighted by Gasteiger charge is -2.26. The van der Waals surface area contributed by atoms with Crippen LogP contribution in [0.1, 0.15) is 39.2 Å². The van der Waals surface area contributed by atoms with Crippen molar-refractivity contribution in [2.75, 3.05) is 13.1 Å². The van der Waals surface area contributed by atoms with Crippen molar-refractivity contribution < 1.29 is 23.8 Å². The molecule has 23 heavy (non-hydrogen) atoms. The first-order chi connectivity index (χ1) is 10.5. The zero-order valence-corrected chi connectivity index (χ0v) is 13.8. The molecule has 0 radical (unpaired) electrons. The number of carbonyl (C=O) groups excluding carboxylic acids is 1. The highest BCUT2D eigenvalue weighted by Gasteiger charge is 2.51. The lowest BCUT2D eigenvalue weighted by molar-refractivity contribution is -0.147. The van der Waals surface area contributed by atoms with Gasteiger partial charge in [-0.05, 0) is 45.4 Å². The largest absolute Gasteiger partial charge is 0.481 e. The molecule has 0 unspecified atom stereocenters. The maximum Gasteiger partial charge on any atom is 0.410 e. The van der Waals surface area contributed by atoms with Gasteiger partial charge in [0.2, 0.25) is 0 Å². The van der Waals surface area contributed by atoms with Crippen LogP contribution in [-0.4, -0.2) is 40.8 Å². The first kappa shape index (κ1) is 17.2. The molecule has 1 saturated heterocycles. The minimum atomic E-state index is -1.14.